The zero-order valence-electron chi connectivity index (χ0n) is 15.0. The first-order chi connectivity index (χ1) is 13.7. The molecule has 0 unspecified atom stereocenters. The first kappa shape index (κ1) is 20.9. The van der Waals surface area contributed by atoms with Crippen LogP contribution in [0.4, 0.5) is 26.7 Å². The first-order valence-electron chi connectivity index (χ1n) is 8.40. The molecule has 152 valence electrons. The molecule has 1 heterocycles. The highest BCUT2D eigenvalue weighted by atomic mass is 32.2. The van der Waals surface area contributed by atoms with Gasteiger partial charge < -0.3 is 4.74 Å². The van der Waals surface area contributed by atoms with Gasteiger partial charge in [-0.1, -0.05) is 12.1 Å². The number of hydrogen-bond acceptors (Lipinski definition) is 3. The van der Waals surface area contributed by atoms with E-state index in [4.69, 9.17) is 4.74 Å². The monoisotopic (exact) mass is 427 g/mol. The van der Waals surface area contributed by atoms with Crippen molar-refractivity contribution in [3.63, 3.8) is 0 Å². The van der Waals surface area contributed by atoms with Crippen molar-refractivity contribution in [2.75, 3.05) is 6.61 Å². The van der Waals surface area contributed by atoms with Crippen molar-refractivity contribution in [3.05, 3.63) is 66.2 Å². The second kappa shape index (κ2) is 8.28. The van der Waals surface area contributed by atoms with Crippen LogP contribution in [0.1, 0.15) is 6.92 Å². The molecule has 0 atom stereocenters. The number of alkyl halides is 3. The van der Waals surface area contributed by atoms with Gasteiger partial charge in [0.05, 0.1) is 17.3 Å². The van der Waals surface area contributed by atoms with E-state index in [1.54, 1.807) is 0 Å². The minimum absolute atomic E-state index is 0.0537. The summed E-state index contributed by atoms with van der Waals surface area (Å²) in [5.74, 6) is -1.07. The lowest BCUT2D eigenvalue weighted by Crippen LogP contribution is -2.17. The van der Waals surface area contributed by atoms with E-state index in [1.807, 2.05) is 0 Å². The average Bonchev–Trinajstić information content (AvgIpc) is 3.00. The van der Waals surface area contributed by atoms with Crippen molar-refractivity contribution >= 4 is 17.9 Å². The lowest BCUT2D eigenvalue weighted by atomic mass is 10.0. The Labute approximate surface area is 167 Å². The minimum atomic E-state index is -4.66. The average molecular weight is 427 g/mol. The summed E-state index contributed by atoms with van der Waals surface area (Å²) in [6.45, 7) is 1.47. The van der Waals surface area contributed by atoms with Crippen LogP contribution in [0.5, 0.6) is 0 Å². The molecule has 0 amide bonds. The van der Waals surface area contributed by atoms with Gasteiger partial charge in [-0.15, -0.1) is 0 Å². The molecule has 3 aromatic rings. The van der Waals surface area contributed by atoms with Crippen LogP contribution in [-0.2, 0) is 4.74 Å². The summed E-state index contributed by atoms with van der Waals surface area (Å²) in [4.78, 5) is 12.5. The topological polar surface area (TPSA) is 31.2 Å². The third-order valence-electron chi connectivity index (χ3n) is 3.91. The van der Waals surface area contributed by atoms with E-state index in [-0.39, 0.29) is 17.9 Å². The molecular weight excluding hydrogens is 413 g/mol. The lowest BCUT2D eigenvalue weighted by Gasteiger charge is -2.14. The standard InChI is InChI=1S/C20H14F5NO2S/c1-2-28-19(27)26-17(29-20(23,24)25)11-16(12-3-7-14(21)8-4-12)18(26)13-5-9-15(22)10-6-13/h3-11H,2H2,1H3. The number of ether oxygens (including phenoxy) is 1. The molecule has 0 fully saturated rings. The number of halogens is 5. The number of hydrogen-bond donors (Lipinski definition) is 0. The summed E-state index contributed by atoms with van der Waals surface area (Å²) in [5.41, 5.74) is -3.65. The maximum Gasteiger partial charge on any atom is 0.447 e. The van der Waals surface area contributed by atoms with Crippen molar-refractivity contribution in [1.29, 1.82) is 0 Å². The maximum atomic E-state index is 13.4. The Balaban J connectivity index is 2.30. The summed E-state index contributed by atoms with van der Waals surface area (Å²) in [6.07, 6.45) is -1.01. The number of benzene rings is 2. The van der Waals surface area contributed by atoms with E-state index in [2.05, 4.69) is 0 Å². The van der Waals surface area contributed by atoms with Gasteiger partial charge in [0, 0.05) is 17.3 Å². The number of aromatic nitrogens is 1. The molecule has 0 radical (unpaired) electrons. The van der Waals surface area contributed by atoms with Crippen molar-refractivity contribution in [1.82, 2.24) is 4.57 Å². The van der Waals surface area contributed by atoms with Gasteiger partial charge in [-0.25, -0.2) is 18.1 Å². The molecule has 1 aromatic heterocycles. The number of thioether (sulfide) groups is 1. The third-order valence-corrected chi connectivity index (χ3v) is 4.65. The van der Waals surface area contributed by atoms with Gasteiger partial charge in [-0.05, 0) is 60.5 Å². The molecule has 9 heteroatoms. The van der Waals surface area contributed by atoms with Crippen LogP contribution in [-0.4, -0.2) is 22.8 Å². The molecular formula is C20H14F5NO2S. The number of nitrogens with zero attached hydrogens (tertiary/aromatic N) is 1. The van der Waals surface area contributed by atoms with E-state index in [0.29, 0.717) is 11.1 Å². The van der Waals surface area contributed by atoms with Gasteiger partial charge in [0.15, 0.2) is 0 Å². The second-order valence-corrected chi connectivity index (χ2v) is 6.93. The van der Waals surface area contributed by atoms with Gasteiger partial charge >= 0.3 is 11.6 Å². The fraction of sp³-hybridized carbons (Fsp3) is 0.150. The molecule has 3 rings (SSSR count). The van der Waals surface area contributed by atoms with Crippen LogP contribution in [0.2, 0.25) is 0 Å². The highest BCUT2D eigenvalue weighted by Crippen LogP contribution is 2.44. The molecule has 0 N–H and O–H groups in total. The lowest BCUT2D eigenvalue weighted by molar-refractivity contribution is -0.0330. The molecule has 0 bridgehead atoms. The van der Waals surface area contributed by atoms with E-state index in [1.165, 1.54) is 37.3 Å². The third kappa shape index (κ3) is 4.79. The fourth-order valence-corrected chi connectivity index (χ4v) is 3.46. The van der Waals surface area contributed by atoms with Crippen LogP contribution in [0, 0.1) is 11.6 Å². The highest BCUT2D eigenvalue weighted by molar-refractivity contribution is 8.00. The van der Waals surface area contributed by atoms with Crippen molar-refractivity contribution in [2.24, 2.45) is 0 Å². The van der Waals surface area contributed by atoms with Gasteiger partial charge in [-0.3, -0.25) is 0 Å². The summed E-state index contributed by atoms with van der Waals surface area (Å²) >= 11 is -0.474. The van der Waals surface area contributed by atoms with E-state index in [9.17, 15) is 26.7 Å². The van der Waals surface area contributed by atoms with Crippen LogP contribution in [0.15, 0.2) is 59.6 Å². The molecule has 0 aliphatic carbocycles. The van der Waals surface area contributed by atoms with Crippen LogP contribution in [0.25, 0.3) is 22.4 Å². The van der Waals surface area contributed by atoms with E-state index < -0.39 is 40.0 Å². The van der Waals surface area contributed by atoms with Gasteiger partial charge in [0.1, 0.15) is 11.6 Å². The Morgan fingerprint density at radius 3 is 1.97 bits per heavy atom. The predicted octanol–water partition coefficient (Wildman–Crippen LogP) is 6.72. The molecule has 0 saturated carbocycles. The van der Waals surface area contributed by atoms with E-state index >= 15 is 0 Å². The molecule has 0 saturated heterocycles. The predicted molar refractivity (Wildman–Crippen MR) is 99.6 cm³/mol. The Kier molecular flexibility index (Phi) is 5.97. The zero-order chi connectivity index (χ0) is 21.2. The van der Waals surface area contributed by atoms with Gasteiger partial charge in [-0.2, -0.15) is 13.2 Å². The van der Waals surface area contributed by atoms with Crippen LogP contribution < -0.4 is 0 Å². The Bertz CT molecular complexity index is 1010. The quantitative estimate of drug-likeness (QED) is 0.342. The Morgan fingerprint density at radius 1 is 0.966 bits per heavy atom. The van der Waals surface area contributed by atoms with Crippen LogP contribution >= 0.6 is 11.8 Å². The minimum Gasteiger partial charge on any atom is -0.449 e. The number of carbonyl (C=O) groups excluding carboxylic acids is 1. The zero-order valence-corrected chi connectivity index (χ0v) is 15.8. The number of carbonyl (C=O) groups is 1. The summed E-state index contributed by atoms with van der Waals surface area (Å²) < 4.78 is 71.8. The molecule has 2 aromatic carbocycles. The summed E-state index contributed by atoms with van der Waals surface area (Å²) in [7, 11) is 0. The largest absolute Gasteiger partial charge is 0.449 e. The fourth-order valence-electron chi connectivity index (χ4n) is 2.79. The van der Waals surface area contributed by atoms with Gasteiger partial charge in [0.25, 0.3) is 0 Å². The SMILES string of the molecule is CCOC(=O)n1c(SC(F)(F)F)cc(-c2ccc(F)cc2)c1-c1ccc(F)cc1. The summed E-state index contributed by atoms with van der Waals surface area (Å²) in [6, 6.07) is 11.2. The normalized spacial score (nSPS) is 11.5. The maximum absolute atomic E-state index is 13.4. The molecule has 0 aliphatic heterocycles. The molecule has 3 nitrogen and oxygen atoms in total. The highest BCUT2D eigenvalue weighted by Gasteiger charge is 2.34. The smallest absolute Gasteiger partial charge is 0.447 e. The van der Waals surface area contributed by atoms with Crippen LogP contribution in [0.3, 0.4) is 0 Å². The molecule has 0 aliphatic rings. The Hall–Kier alpha value is -2.81. The van der Waals surface area contributed by atoms with E-state index in [0.717, 1.165) is 28.8 Å². The van der Waals surface area contributed by atoms with Crippen molar-refractivity contribution < 1.29 is 31.5 Å². The number of rotatable bonds is 4. The Morgan fingerprint density at radius 2 is 1.48 bits per heavy atom. The molecule has 0 spiro atoms. The van der Waals surface area contributed by atoms with Gasteiger partial charge in [0.2, 0.25) is 0 Å². The van der Waals surface area contributed by atoms with Crippen molar-refractivity contribution in [2.45, 2.75) is 17.5 Å². The van der Waals surface area contributed by atoms with Crippen molar-refractivity contribution in [3.8, 4) is 22.4 Å². The first-order valence-corrected chi connectivity index (χ1v) is 9.21. The molecule has 29 heavy (non-hydrogen) atoms. The second-order valence-electron chi connectivity index (χ2n) is 5.84. The summed E-state index contributed by atoms with van der Waals surface area (Å²) in [5, 5.41) is -0.422.